The summed E-state index contributed by atoms with van der Waals surface area (Å²) in [7, 11) is 0. The Labute approximate surface area is 141 Å². The lowest BCUT2D eigenvalue weighted by molar-refractivity contribution is -0.120. The highest BCUT2D eigenvalue weighted by Gasteiger charge is 2.14. The number of hydrogen-bond donors (Lipinski definition) is 2. The van der Waals surface area contributed by atoms with Gasteiger partial charge in [0.05, 0.1) is 11.6 Å². The van der Waals surface area contributed by atoms with E-state index in [-0.39, 0.29) is 18.1 Å². The smallest absolute Gasteiger partial charge is 0.271 e. The number of nitrogens with one attached hydrogen (secondary N) is 2. The Balaban J connectivity index is 1.81. The summed E-state index contributed by atoms with van der Waals surface area (Å²) < 4.78 is 0. The molecule has 23 heavy (non-hydrogen) atoms. The molecule has 2 rings (SSSR count). The molecule has 0 unspecified atom stereocenters. The van der Waals surface area contributed by atoms with Gasteiger partial charge in [0, 0.05) is 23.7 Å². The number of aromatic nitrogens is 2. The van der Waals surface area contributed by atoms with Crippen molar-refractivity contribution in [3.05, 3.63) is 21.5 Å². The first-order valence-corrected chi connectivity index (χ1v) is 8.72. The van der Waals surface area contributed by atoms with E-state index in [0.717, 1.165) is 17.0 Å². The number of nitrogens with zero attached hydrogens (tertiary/aromatic N) is 2. The second-order valence-corrected chi connectivity index (χ2v) is 6.55. The molecule has 0 aliphatic heterocycles. The van der Waals surface area contributed by atoms with Gasteiger partial charge in [-0.2, -0.15) is 0 Å². The normalized spacial score (nSPS) is 10.3. The van der Waals surface area contributed by atoms with E-state index in [1.54, 1.807) is 5.38 Å². The molecule has 2 aromatic heterocycles. The summed E-state index contributed by atoms with van der Waals surface area (Å²) in [6, 6.07) is 0. The lowest BCUT2D eigenvalue weighted by Crippen LogP contribution is -2.37. The van der Waals surface area contributed by atoms with E-state index in [4.69, 9.17) is 0 Å². The van der Waals surface area contributed by atoms with Crippen molar-refractivity contribution < 1.29 is 14.4 Å². The van der Waals surface area contributed by atoms with Gasteiger partial charge in [-0.15, -0.1) is 22.7 Å². The van der Waals surface area contributed by atoms with Crippen molar-refractivity contribution >= 4 is 40.8 Å². The lowest BCUT2D eigenvalue weighted by atomic mass is 10.3. The Bertz CT molecular complexity index is 696. The van der Waals surface area contributed by atoms with Gasteiger partial charge in [-0.1, -0.05) is 0 Å². The fourth-order valence-corrected chi connectivity index (χ4v) is 3.12. The zero-order chi connectivity index (χ0) is 16.7. The van der Waals surface area contributed by atoms with Crippen molar-refractivity contribution in [1.82, 2.24) is 20.6 Å². The number of amides is 2. The van der Waals surface area contributed by atoms with Crippen molar-refractivity contribution in [2.24, 2.45) is 0 Å². The van der Waals surface area contributed by atoms with E-state index in [1.807, 2.05) is 12.3 Å². The number of thiazole rings is 2. The molecule has 0 fully saturated rings. The molecule has 0 aromatic carbocycles. The summed E-state index contributed by atoms with van der Waals surface area (Å²) >= 11 is 2.86. The maximum Gasteiger partial charge on any atom is 0.271 e. The third-order valence-corrected chi connectivity index (χ3v) is 4.44. The summed E-state index contributed by atoms with van der Waals surface area (Å²) in [6.07, 6.45) is 1.80. The molecule has 2 aromatic rings. The van der Waals surface area contributed by atoms with Crippen LogP contribution in [0, 0.1) is 6.92 Å². The van der Waals surface area contributed by atoms with E-state index < -0.39 is 5.91 Å². The molecule has 2 amide bonds. The number of unbranched alkanes of at least 4 members (excludes halogenated alkanes) is 1. The Morgan fingerprint density at radius 3 is 2.74 bits per heavy atom. The zero-order valence-electron chi connectivity index (χ0n) is 12.5. The van der Waals surface area contributed by atoms with Crippen LogP contribution in [0.1, 0.15) is 28.3 Å². The lowest BCUT2D eigenvalue weighted by Gasteiger charge is -2.04. The molecular formula is C14H16N4O3S2. The Hall–Kier alpha value is -2.13. The van der Waals surface area contributed by atoms with E-state index >= 15 is 0 Å². The van der Waals surface area contributed by atoms with Gasteiger partial charge in [0.1, 0.15) is 22.7 Å². The van der Waals surface area contributed by atoms with Crippen LogP contribution in [-0.4, -0.2) is 41.2 Å². The van der Waals surface area contributed by atoms with Crippen LogP contribution in [0.25, 0.3) is 10.7 Å². The molecular weight excluding hydrogens is 336 g/mol. The molecule has 0 aliphatic rings. The fourth-order valence-electron chi connectivity index (χ4n) is 1.68. The number of carbonyl (C=O) groups is 3. The van der Waals surface area contributed by atoms with Gasteiger partial charge in [-0.3, -0.25) is 9.59 Å². The topological polar surface area (TPSA) is 101 Å². The second kappa shape index (κ2) is 8.49. The predicted molar refractivity (Wildman–Crippen MR) is 88.6 cm³/mol. The van der Waals surface area contributed by atoms with Crippen LogP contribution in [0.2, 0.25) is 0 Å². The van der Waals surface area contributed by atoms with Crippen LogP contribution in [0.15, 0.2) is 10.8 Å². The molecule has 2 N–H and O–H groups in total. The van der Waals surface area contributed by atoms with E-state index in [1.165, 1.54) is 22.7 Å². The third-order valence-electron chi connectivity index (χ3n) is 2.81. The first kappa shape index (κ1) is 17.2. The van der Waals surface area contributed by atoms with Crippen LogP contribution in [0.3, 0.4) is 0 Å². The standard InChI is InChI=1S/C14H16N4O3S2/c1-9-17-11(8-22-9)14-18-10(7-23-14)13(21)16-6-12(20)15-4-2-3-5-19/h5,7-8H,2-4,6H2,1H3,(H,15,20)(H,16,21). The summed E-state index contributed by atoms with van der Waals surface area (Å²) in [5.41, 5.74) is 1.02. The maximum atomic E-state index is 12.0. The third kappa shape index (κ3) is 5.22. The van der Waals surface area contributed by atoms with Gasteiger partial charge in [-0.25, -0.2) is 9.97 Å². The Kier molecular flexibility index (Phi) is 6.36. The van der Waals surface area contributed by atoms with Crippen molar-refractivity contribution in [2.45, 2.75) is 19.8 Å². The van der Waals surface area contributed by atoms with Crippen molar-refractivity contribution in [3.63, 3.8) is 0 Å². The minimum Gasteiger partial charge on any atom is -0.355 e. The maximum absolute atomic E-state index is 12.0. The van der Waals surface area contributed by atoms with E-state index in [9.17, 15) is 14.4 Å². The first-order valence-electron chi connectivity index (χ1n) is 6.96. The quantitative estimate of drug-likeness (QED) is 0.552. The molecule has 0 atom stereocenters. The van der Waals surface area contributed by atoms with Crippen molar-refractivity contribution in [2.75, 3.05) is 13.1 Å². The molecule has 0 saturated carbocycles. The predicted octanol–water partition coefficient (Wildman–Crippen LogP) is 1.40. The number of aldehydes is 1. The average Bonchev–Trinajstić information content (AvgIpc) is 3.18. The van der Waals surface area contributed by atoms with E-state index in [2.05, 4.69) is 20.6 Å². The van der Waals surface area contributed by atoms with Gasteiger partial charge in [0.15, 0.2) is 0 Å². The molecule has 122 valence electrons. The molecule has 0 saturated heterocycles. The largest absolute Gasteiger partial charge is 0.355 e. The zero-order valence-corrected chi connectivity index (χ0v) is 14.1. The van der Waals surface area contributed by atoms with Crippen molar-refractivity contribution in [1.29, 1.82) is 0 Å². The second-order valence-electron chi connectivity index (χ2n) is 4.63. The summed E-state index contributed by atoms with van der Waals surface area (Å²) in [5, 5.41) is 10.3. The fraction of sp³-hybridized carbons (Fsp3) is 0.357. The van der Waals surface area contributed by atoms with Gasteiger partial charge < -0.3 is 15.4 Å². The number of carbonyl (C=O) groups excluding carboxylic acids is 3. The van der Waals surface area contributed by atoms with Gasteiger partial charge in [0.25, 0.3) is 5.91 Å². The van der Waals surface area contributed by atoms with Crippen LogP contribution >= 0.6 is 22.7 Å². The molecule has 0 bridgehead atoms. The first-order chi connectivity index (χ1) is 11.1. The molecule has 0 spiro atoms. The molecule has 0 aliphatic carbocycles. The van der Waals surface area contributed by atoms with Gasteiger partial charge in [0.2, 0.25) is 5.91 Å². The Morgan fingerprint density at radius 2 is 2.04 bits per heavy atom. The number of hydrogen-bond acceptors (Lipinski definition) is 7. The molecule has 0 radical (unpaired) electrons. The van der Waals surface area contributed by atoms with Crippen LogP contribution < -0.4 is 10.6 Å². The van der Waals surface area contributed by atoms with Crippen molar-refractivity contribution in [3.8, 4) is 10.7 Å². The summed E-state index contributed by atoms with van der Waals surface area (Å²) in [5.74, 6) is -0.697. The monoisotopic (exact) mass is 352 g/mol. The SMILES string of the molecule is Cc1nc(-c2nc(C(=O)NCC(=O)NCCCC=O)cs2)cs1. The van der Waals surface area contributed by atoms with Crippen LogP contribution in [-0.2, 0) is 9.59 Å². The van der Waals surface area contributed by atoms with Crippen LogP contribution in [0.5, 0.6) is 0 Å². The average molecular weight is 352 g/mol. The van der Waals surface area contributed by atoms with Gasteiger partial charge >= 0.3 is 0 Å². The minimum absolute atomic E-state index is 0.122. The highest BCUT2D eigenvalue weighted by atomic mass is 32.1. The molecule has 2 heterocycles. The highest BCUT2D eigenvalue weighted by Crippen LogP contribution is 2.24. The van der Waals surface area contributed by atoms with E-state index in [0.29, 0.717) is 24.4 Å². The van der Waals surface area contributed by atoms with Crippen LogP contribution in [0.4, 0.5) is 0 Å². The molecule has 9 heteroatoms. The number of aryl methyl sites for hydroxylation is 1. The van der Waals surface area contributed by atoms with Gasteiger partial charge in [-0.05, 0) is 13.3 Å². The highest BCUT2D eigenvalue weighted by molar-refractivity contribution is 7.14. The molecule has 7 nitrogen and oxygen atoms in total. The number of rotatable bonds is 8. The Morgan fingerprint density at radius 1 is 1.22 bits per heavy atom. The summed E-state index contributed by atoms with van der Waals surface area (Å²) in [4.78, 5) is 42.2. The summed E-state index contributed by atoms with van der Waals surface area (Å²) in [6.45, 7) is 2.20. The minimum atomic E-state index is -0.400.